The number of alkyl halides is 2. The molecule has 0 saturated heterocycles. The maximum absolute atomic E-state index is 13.0. The Morgan fingerprint density at radius 1 is 0.607 bits per heavy atom. The van der Waals surface area contributed by atoms with Crippen LogP contribution >= 0.6 is 34.8 Å². The number of carbonyl (C=O) groups excluding carboxylic acids is 2. The highest BCUT2D eigenvalue weighted by Crippen LogP contribution is 2.35. The van der Waals surface area contributed by atoms with Gasteiger partial charge in [-0.15, -0.1) is 23.2 Å². The van der Waals surface area contributed by atoms with Crippen molar-refractivity contribution in [3.63, 3.8) is 0 Å². The minimum atomic E-state index is -1.02. The largest absolute Gasteiger partial charge is 0.292 e. The summed E-state index contributed by atoms with van der Waals surface area (Å²) in [6.45, 7) is 0. The average Bonchev–Trinajstić information content (AvgIpc) is 2.75. The van der Waals surface area contributed by atoms with Gasteiger partial charge in [-0.05, 0) is 17.7 Å². The minimum absolute atomic E-state index is 0.284. The van der Waals surface area contributed by atoms with E-state index < -0.39 is 16.7 Å². The predicted octanol–water partition coefficient (Wildman–Crippen LogP) is 6.40. The number of rotatable bonds is 7. The lowest BCUT2D eigenvalue weighted by molar-refractivity contribution is 0.0951. The van der Waals surface area contributed by atoms with Gasteiger partial charge in [0.1, 0.15) is 10.8 Å². The van der Waals surface area contributed by atoms with Gasteiger partial charge in [0.15, 0.2) is 11.6 Å². The minimum Gasteiger partial charge on any atom is -0.292 e. The third-order valence-electron chi connectivity index (χ3n) is 4.50. The molecule has 0 saturated carbocycles. The Labute approximate surface area is 179 Å². The summed E-state index contributed by atoms with van der Waals surface area (Å²) in [5, 5.41) is -1.49. The lowest BCUT2D eigenvalue weighted by Crippen LogP contribution is -2.34. The van der Waals surface area contributed by atoms with Crippen LogP contribution in [0.5, 0.6) is 0 Å². The molecule has 0 heterocycles. The summed E-state index contributed by atoms with van der Waals surface area (Å²) in [4.78, 5) is 25.9. The van der Waals surface area contributed by atoms with Crippen LogP contribution in [0.25, 0.3) is 0 Å². The summed E-state index contributed by atoms with van der Waals surface area (Å²) in [5.41, 5.74) is 1.62. The second-order valence-electron chi connectivity index (χ2n) is 6.34. The Balaban J connectivity index is 1.98. The fourth-order valence-electron chi connectivity index (χ4n) is 3.02. The number of hydrogen-bond acceptors (Lipinski definition) is 2. The molecule has 0 radical (unpaired) electrons. The Morgan fingerprint density at radius 2 is 1.00 bits per heavy atom. The van der Waals surface area contributed by atoms with Crippen LogP contribution in [0.1, 0.15) is 32.2 Å². The zero-order valence-electron chi connectivity index (χ0n) is 14.8. The quantitative estimate of drug-likeness (QED) is 0.320. The summed E-state index contributed by atoms with van der Waals surface area (Å²) < 4.78 is 0. The van der Waals surface area contributed by atoms with Gasteiger partial charge in [-0.25, -0.2) is 0 Å². The van der Waals surface area contributed by atoms with Crippen molar-refractivity contribution in [2.75, 3.05) is 0 Å². The molecule has 2 unspecified atom stereocenters. The van der Waals surface area contributed by atoms with Crippen molar-refractivity contribution in [1.82, 2.24) is 0 Å². The van der Waals surface area contributed by atoms with E-state index in [2.05, 4.69) is 0 Å². The highest BCUT2D eigenvalue weighted by Gasteiger charge is 2.37. The molecule has 0 bridgehead atoms. The first kappa shape index (κ1) is 20.6. The van der Waals surface area contributed by atoms with Crippen molar-refractivity contribution in [3.05, 3.63) is 107 Å². The molecule has 2 nitrogen and oxygen atoms in total. The standard InChI is InChI=1S/C23H17Cl3O2/c24-18-13-11-15(12-14-18)19(20(25)22(27)16-7-3-1-4-8-16)21(26)23(28)17-9-5-2-6-10-17/h1-14,19-21H. The van der Waals surface area contributed by atoms with Crippen molar-refractivity contribution in [1.29, 1.82) is 0 Å². The van der Waals surface area contributed by atoms with Crippen molar-refractivity contribution >= 4 is 46.4 Å². The number of benzene rings is 3. The van der Waals surface area contributed by atoms with Gasteiger partial charge in [0, 0.05) is 22.1 Å². The van der Waals surface area contributed by atoms with Crippen LogP contribution in [0.15, 0.2) is 84.9 Å². The highest BCUT2D eigenvalue weighted by molar-refractivity contribution is 6.39. The fraction of sp³-hybridized carbons (Fsp3) is 0.130. The molecule has 142 valence electrons. The van der Waals surface area contributed by atoms with Crippen LogP contribution in [0.2, 0.25) is 5.02 Å². The Hall–Kier alpha value is -2.13. The summed E-state index contributed by atoms with van der Waals surface area (Å²) in [6.07, 6.45) is 0. The topological polar surface area (TPSA) is 34.1 Å². The smallest absolute Gasteiger partial charge is 0.181 e. The molecule has 0 amide bonds. The Bertz CT molecular complexity index is 883. The number of carbonyl (C=O) groups is 2. The SMILES string of the molecule is O=C(c1ccccc1)C(Cl)C(c1ccc(Cl)cc1)C(Cl)C(=O)c1ccccc1. The van der Waals surface area contributed by atoms with Crippen LogP contribution in [0.3, 0.4) is 0 Å². The first-order valence-electron chi connectivity index (χ1n) is 8.71. The summed E-state index contributed by atoms with van der Waals surface area (Å²) in [6, 6.07) is 24.3. The molecular weight excluding hydrogens is 415 g/mol. The van der Waals surface area contributed by atoms with Gasteiger partial charge < -0.3 is 0 Å². The predicted molar refractivity (Wildman–Crippen MR) is 115 cm³/mol. The van der Waals surface area contributed by atoms with Crippen molar-refractivity contribution in [2.24, 2.45) is 0 Å². The third-order valence-corrected chi connectivity index (χ3v) is 5.69. The fourth-order valence-corrected chi connectivity index (χ4v) is 4.06. The van der Waals surface area contributed by atoms with Crippen molar-refractivity contribution in [2.45, 2.75) is 16.7 Å². The van der Waals surface area contributed by atoms with Gasteiger partial charge >= 0.3 is 0 Å². The Morgan fingerprint density at radius 3 is 1.39 bits per heavy atom. The second kappa shape index (κ2) is 9.38. The number of halogens is 3. The monoisotopic (exact) mass is 430 g/mol. The average molecular weight is 432 g/mol. The molecule has 0 fully saturated rings. The first-order valence-corrected chi connectivity index (χ1v) is 9.96. The zero-order valence-corrected chi connectivity index (χ0v) is 17.0. The van der Waals surface area contributed by atoms with E-state index in [1.807, 2.05) is 12.1 Å². The molecule has 3 aromatic rings. The second-order valence-corrected chi connectivity index (χ2v) is 7.72. The van der Waals surface area contributed by atoms with Crippen LogP contribution in [-0.4, -0.2) is 22.3 Å². The van der Waals surface area contributed by atoms with Gasteiger partial charge in [0.2, 0.25) is 0 Å². The molecule has 2 atom stereocenters. The van der Waals surface area contributed by atoms with Crippen molar-refractivity contribution in [3.8, 4) is 0 Å². The van der Waals surface area contributed by atoms with E-state index in [1.165, 1.54) is 0 Å². The van der Waals surface area contributed by atoms with E-state index in [-0.39, 0.29) is 11.6 Å². The van der Waals surface area contributed by atoms with Crippen LogP contribution in [0, 0.1) is 0 Å². The molecule has 0 spiro atoms. The molecular formula is C23H17Cl3O2. The van der Waals surface area contributed by atoms with E-state index in [4.69, 9.17) is 34.8 Å². The van der Waals surface area contributed by atoms with E-state index in [0.717, 1.165) is 0 Å². The Kier molecular flexibility index (Phi) is 6.90. The van der Waals surface area contributed by atoms with Gasteiger partial charge in [-0.3, -0.25) is 9.59 Å². The molecule has 0 aliphatic heterocycles. The molecule has 0 aromatic heterocycles. The number of hydrogen-bond donors (Lipinski definition) is 0. The lowest BCUT2D eigenvalue weighted by Gasteiger charge is -2.26. The van der Waals surface area contributed by atoms with Crippen LogP contribution < -0.4 is 0 Å². The molecule has 5 heteroatoms. The number of Topliss-reactive ketones (excluding diaryl/α,β-unsaturated/α-hetero) is 2. The van der Waals surface area contributed by atoms with E-state index in [1.54, 1.807) is 72.8 Å². The van der Waals surface area contributed by atoms with Gasteiger partial charge in [-0.2, -0.15) is 0 Å². The lowest BCUT2D eigenvalue weighted by atomic mass is 9.85. The maximum atomic E-state index is 13.0. The zero-order chi connectivity index (χ0) is 20.1. The molecule has 0 aliphatic rings. The van der Waals surface area contributed by atoms with E-state index in [0.29, 0.717) is 21.7 Å². The number of ketones is 2. The summed E-state index contributed by atoms with van der Waals surface area (Å²) >= 11 is 19.2. The molecule has 0 aliphatic carbocycles. The third kappa shape index (κ3) is 4.64. The van der Waals surface area contributed by atoms with Gasteiger partial charge in [0.25, 0.3) is 0 Å². The van der Waals surface area contributed by atoms with E-state index in [9.17, 15) is 9.59 Å². The van der Waals surface area contributed by atoms with Gasteiger partial charge in [-0.1, -0.05) is 84.4 Å². The summed E-state index contributed by atoms with van der Waals surface area (Å²) in [5.74, 6) is -1.29. The maximum Gasteiger partial charge on any atom is 0.181 e. The van der Waals surface area contributed by atoms with Crippen molar-refractivity contribution < 1.29 is 9.59 Å². The highest BCUT2D eigenvalue weighted by atomic mass is 35.5. The van der Waals surface area contributed by atoms with E-state index >= 15 is 0 Å². The molecule has 3 rings (SSSR count). The first-order chi connectivity index (χ1) is 13.5. The van der Waals surface area contributed by atoms with Gasteiger partial charge in [0.05, 0.1) is 0 Å². The van der Waals surface area contributed by atoms with Crippen LogP contribution in [-0.2, 0) is 0 Å². The summed E-state index contributed by atoms with van der Waals surface area (Å²) in [7, 11) is 0. The molecule has 0 N–H and O–H groups in total. The van der Waals surface area contributed by atoms with Crippen LogP contribution in [0.4, 0.5) is 0 Å². The molecule has 3 aromatic carbocycles. The normalized spacial score (nSPS) is 14.1. The molecule has 28 heavy (non-hydrogen) atoms.